The molecule has 2 aromatic rings. The number of nitrogens with zero attached hydrogens (tertiary/aromatic N) is 3. The molecule has 0 unspecified atom stereocenters. The van der Waals surface area contributed by atoms with Gasteiger partial charge in [-0.3, -0.25) is 8.42 Å². The molecule has 0 amide bonds. The van der Waals surface area contributed by atoms with E-state index in [0.29, 0.717) is 0 Å². The van der Waals surface area contributed by atoms with E-state index >= 15 is 0 Å². The average Bonchev–Trinajstić information content (AvgIpc) is 3.16. The van der Waals surface area contributed by atoms with Gasteiger partial charge in [0.05, 0.1) is 0 Å². The Kier molecular flexibility index (Phi) is 10.2. The van der Waals surface area contributed by atoms with E-state index in [1.165, 1.54) is 0 Å². The third-order valence-corrected chi connectivity index (χ3v) is 4.79. The maximum Gasteiger partial charge on any atom is 0.0311 e. The van der Waals surface area contributed by atoms with Gasteiger partial charge in [-0.25, -0.2) is 0 Å². The predicted molar refractivity (Wildman–Crippen MR) is 137 cm³/mol. The second-order valence-electron chi connectivity index (χ2n) is 7.73. The number of benzene rings is 1. The Morgan fingerprint density at radius 3 is 2.13 bits per heavy atom. The number of nitrogens with one attached hydrogen (secondary N) is 1. The van der Waals surface area contributed by atoms with Crippen molar-refractivity contribution < 1.29 is 56.1 Å². The fourth-order valence-electron chi connectivity index (χ4n) is 3.00. The molecule has 0 spiro atoms. The number of hydrogen-bond acceptors (Lipinski definition) is 17. The molecule has 23 nitrogen and oxygen atoms in total. The topological polar surface area (TPSA) is 411 Å². The largest absolute Gasteiger partial charge is 0.759 e. The Morgan fingerprint density at radius 1 is 1.09 bits per heavy atom. The van der Waals surface area contributed by atoms with E-state index < -0.39 is 114 Å². The number of rotatable bonds is 7. The van der Waals surface area contributed by atoms with Gasteiger partial charge in [-0.15, -0.1) is 0 Å². The van der Waals surface area contributed by atoms with Gasteiger partial charge in [-0.2, -0.15) is 0 Å². The molecule has 1 aromatic heterocycles. The number of nitrogens with two attached hydrogens (primary N) is 3. The number of aromatic hydroxyl groups is 1. The molecule has 1 aromatic carbocycles. The summed E-state index contributed by atoms with van der Waals surface area (Å²) in [6.07, 6.45) is 0.991. The van der Waals surface area contributed by atoms with Crippen LogP contribution in [-0.4, -0.2) is 46.9 Å². The van der Waals surface area contributed by atoms with Crippen molar-refractivity contribution in [2.45, 2.75) is 12.2 Å². The number of ether oxygens (including phenoxy) is 3. The molecule has 1 aliphatic rings. The van der Waals surface area contributed by atoms with Gasteiger partial charge in [0.15, 0.2) is 0 Å². The molecule has 3 rings (SSSR count). The van der Waals surface area contributed by atoms with E-state index in [1.54, 1.807) is 0 Å². The Hall–Kier alpha value is -6.01. The fraction of sp³-hybridized carbons (Fsp3) is 0.0952. The summed E-state index contributed by atoms with van der Waals surface area (Å²) >= 11 is 0. The van der Waals surface area contributed by atoms with E-state index in [9.17, 15) is 39.1 Å². The zero-order valence-electron chi connectivity index (χ0n) is 21.7. The first-order valence-electron chi connectivity index (χ1n) is 10.8. The van der Waals surface area contributed by atoms with Crippen molar-refractivity contribution in [2.24, 2.45) is 32.2 Å². The minimum atomic E-state index is -5.17. The van der Waals surface area contributed by atoms with Crippen LogP contribution in [-0.2, 0) is 31.5 Å². The quantitative estimate of drug-likeness (QED) is 0.0465. The summed E-state index contributed by atoms with van der Waals surface area (Å²) in [7, 11) is -5.17. The molecule has 8 N–H and O–H groups in total. The number of guanidine groups is 2. The summed E-state index contributed by atoms with van der Waals surface area (Å²) in [5, 5.41) is 40.3. The molecule has 45 heavy (non-hydrogen) atoms. The van der Waals surface area contributed by atoms with Crippen LogP contribution in [0.2, 0.25) is 0 Å². The SMILES string of the molecule is C=Nc1c(OC2=C(Oc3c(N=C(N)N)c(=O)c(=NC(=N)N)c(=O)c3=O)OC(=C)[C@]2([O])C#[O+])oc(C[O-])c(O)c1=O.O=S(=O)([O-])[O-]. The van der Waals surface area contributed by atoms with Crippen molar-refractivity contribution >= 4 is 40.4 Å². The second-order valence-corrected chi connectivity index (χ2v) is 8.54. The molecule has 0 aliphatic carbocycles. The minimum Gasteiger partial charge on any atom is -0.759 e. The van der Waals surface area contributed by atoms with Crippen molar-refractivity contribution in [2.75, 3.05) is 0 Å². The zero-order valence-corrected chi connectivity index (χ0v) is 22.5. The van der Waals surface area contributed by atoms with Gasteiger partial charge in [-0.1, -0.05) is 0 Å². The van der Waals surface area contributed by atoms with Crippen LogP contribution in [0.25, 0.3) is 0 Å². The molecular weight excluding hydrogens is 638 g/mol. The summed E-state index contributed by atoms with van der Waals surface area (Å²) in [5.74, 6) is -9.80. The summed E-state index contributed by atoms with van der Waals surface area (Å²) in [4.78, 5) is 60.3. The molecular formula is C21H14N7O16S-2. The van der Waals surface area contributed by atoms with Crippen molar-refractivity contribution in [1.29, 1.82) is 5.41 Å². The first-order valence-corrected chi connectivity index (χ1v) is 12.1. The zero-order chi connectivity index (χ0) is 34.6. The van der Waals surface area contributed by atoms with Crippen LogP contribution in [0.1, 0.15) is 5.76 Å². The molecule has 0 saturated heterocycles. The monoisotopic (exact) mass is 652 g/mol. The third-order valence-electron chi connectivity index (χ3n) is 4.79. The summed E-state index contributed by atoms with van der Waals surface area (Å²) in [5.41, 5.74) is 4.23. The minimum absolute atomic E-state index is 0.840. The number of hydrogen-bond donors (Lipinski definition) is 5. The standard InChI is InChI=1S/C21H14N7O12.H2O4S/c1-5-21(36,4-30)16(40-17-9(26-2)13(34)10(31)6(3-29)38-17)18(37-5)39-15-8(28-20(24)25)11(32)7(27-19(22)23)12(33)14(15)35;1-5(2,3)4/h31H,1-3H2,(H3,22,23)(H4,24,25,28);(H2,1,2,3,4)/p-2/t21-;/m1./s1. The smallest absolute Gasteiger partial charge is 0.0311 e. The summed E-state index contributed by atoms with van der Waals surface area (Å²) in [6, 6.07) is 0. The Morgan fingerprint density at radius 2 is 1.67 bits per heavy atom. The molecule has 1 atom stereocenters. The Labute approximate surface area is 246 Å². The second kappa shape index (κ2) is 13.1. The Bertz CT molecular complexity index is 2110. The normalized spacial score (nSPS) is 16.2. The van der Waals surface area contributed by atoms with Gasteiger partial charge in [-0.05, 0) is 0 Å². The van der Waals surface area contributed by atoms with Crippen molar-refractivity contribution in [3.63, 3.8) is 0 Å². The van der Waals surface area contributed by atoms with Crippen LogP contribution in [0, 0.1) is 11.6 Å². The number of aliphatic imine (C=N–C) groups is 2. The van der Waals surface area contributed by atoms with Gasteiger partial charge in [0.25, 0.3) is 0 Å². The molecule has 1 radical (unpaired) electrons. The van der Waals surface area contributed by atoms with Crippen LogP contribution < -0.4 is 58.9 Å². The van der Waals surface area contributed by atoms with E-state index in [0.717, 1.165) is 6.15 Å². The molecule has 24 heteroatoms. The van der Waals surface area contributed by atoms with Crippen LogP contribution in [0.5, 0.6) is 17.4 Å². The Balaban J connectivity index is 0.00000130. The third kappa shape index (κ3) is 7.50. The maximum atomic E-state index is 13.2. The predicted octanol–water partition coefficient (Wildman–Crippen LogP) is -5.42. The molecule has 0 bridgehead atoms. The first kappa shape index (κ1) is 35.2. The van der Waals surface area contributed by atoms with E-state index in [4.69, 9.17) is 58.8 Å². The molecule has 1 aliphatic heterocycles. The van der Waals surface area contributed by atoms with Crippen molar-refractivity contribution in [3.8, 4) is 23.6 Å². The average molecular weight is 652 g/mol. The van der Waals surface area contributed by atoms with Crippen LogP contribution in [0.15, 0.2) is 62.6 Å². The van der Waals surface area contributed by atoms with Crippen LogP contribution in [0.3, 0.4) is 0 Å². The van der Waals surface area contributed by atoms with Gasteiger partial charge in [0.1, 0.15) is 0 Å². The van der Waals surface area contributed by atoms with Crippen molar-refractivity contribution in [1.82, 2.24) is 0 Å². The van der Waals surface area contributed by atoms with Crippen LogP contribution in [0.4, 0.5) is 11.4 Å². The van der Waals surface area contributed by atoms with Gasteiger partial charge >= 0.3 is 218 Å². The molecule has 237 valence electrons. The summed E-state index contributed by atoms with van der Waals surface area (Å²) in [6.45, 7) is 4.97. The summed E-state index contributed by atoms with van der Waals surface area (Å²) < 4.78 is 66.0. The van der Waals surface area contributed by atoms with Crippen molar-refractivity contribution in [3.05, 3.63) is 76.1 Å². The van der Waals surface area contributed by atoms with Crippen LogP contribution >= 0.6 is 0 Å². The van der Waals surface area contributed by atoms with E-state index in [2.05, 4.69) is 28.3 Å². The molecule has 2 heterocycles. The molecule has 0 fully saturated rings. The molecule has 0 saturated carbocycles. The van der Waals surface area contributed by atoms with Gasteiger partial charge in [0, 0.05) is 10.4 Å². The van der Waals surface area contributed by atoms with Gasteiger partial charge in [0.2, 0.25) is 0 Å². The maximum absolute atomic E-state index is 13.2. The van der Waals surface area contributed by atoms with Gasteiger partial charge < -0.3 is 9.11 Å². The van der Waals surface area contributed by atoms with E-state index in [1.807, 2.05) is 0 Å². The van der Waals surface area contributed by atoms with E-state index in [-0.39, 0.29) is 0 Å². The fourth-order valence-corrected chi connectivity index (χ4v) is 3.00. The first-order chi connectivity index (χ1) is 20.7.